The third-order valence-corrected chi connectivity index (χ3v) is 2.84. The molecule has 3 nitrogen and oxygen atoms in total. The van der Waals surface area contributed by atoms with Gasteiger partial charge >= 0.3 is 0 Å². The maximum absolute atomic E-state index is 8.76. The summed E-state index contributed by atoms with van der Waals surface area (Å²) in [4.78, 5) is 2.49. The average Bonchev–Trinajstić information content (AvgIpc) is 2.06. The molecule has 0 heterocycles. The van der Waals surface area contributed by atoms with Gasteiger partial charge in [-0.05, 0) is 38.8 Å². The Hall–Kier alpha value is -0.120. The molecule has 3 N–H and O–H groups in total. The SMILES string of the molecule is NCCCN(CCCO)C1CCC1. The van der Waals surface area contributed by atoms with Crippen molar-refractivity contribution in [3.63, 3.8) is 0 Å². The molecule has 0 amide bonds. The summed E-state index contributed by atoms with van der Waals surface area (Å²) < 4.78 is 0. The van der Waals surface area contributed by atoms with Crippen LogP contribution in [0, 0.1) is 0 Å². The first-order chi connectivity index (χ1) is 6.38. The molecule has 78 valence electrons. The fraction of sp³-hybridized carbons (Fsp3) is 1.00. The smallest absolute Gasteiger partial charge is 0.0443 e. The molecule has 0 bridgehead atoms. The van der Waals surface area contributed by atoms with Crippen molar-refractivity contribution in [1.82, 2.24) is 4.90 Å². The third kappa shape index (κ3) is 3.63. The van der Waals surface area contributed by atoms with Crippen LogP contribution in [0.3, 0.4) is 0 Å². The van der Waals surface area contributed by atoms with E-state index < -0.39 is 0 Å². The van der Waals surface area contributed by atoms with Crippen LogP contribution in [-0.2, 0) is 0 Å². The highest BCUT2D eigenvalue weighted by Crippen LogP contribution is 2.24. The average molecular weight is 186 g/mol. The van der Waals surface area contributed by atoms with E-state index in [4.69, 9.17) is 10.8 Å². The number of aliphatic hydroxyl groups excluding tert-OH is 1. The highest BCUT2D eigenvalue weighted by molar-refractivity contribution is 4.79. The molecule has 0 atom stereocenters. The molecular formula is C10H22N2O. The van der Waals surface area contributed by atoms with Crippen LogP contribution in [0.4, 0.5) is 0 Å². The molecule has 0 aromatic heterocycles. The molecule has 1 fully saturated rings. The Kier molecular flexibility index (Phi) is 5.35. The Morgan fingerprint density at radius 1 is 1.23 bits per heavy atom. The molecule has 0 aromatic carbocycles. The van der Waals surface area contributed by atoms with Crippen molar-refractivity contribution in [2.24, 2.45) is 5.73 Å². The van der Waals surface area contributed by atoms with Gasteiger partial charge in [0.05, 0.1) is 0 Å². The minimum absolute atomic E-state index is 0.311. The number of rotatable bonds is 7. The Morgan fingerprint density at radius 2 is 1.92 bits per heavy atom. The van der Waals surface area contributed by atoms with E-state index >= 15 is 0 Å². The van der Waals surface area contributed by atoms with Crippen LogP contribution >= 0.6 is 0 Å². The summed E-state index contributed by atoms with van der Waals surface area (Å²) >= 11 is 0. The quantitative estimate of drug-likeness (QED) is 0.611. The van der Waals surface area contributed by atoms with E-state index in [-0.39, 0.29) is 0 Å². The summed E-state index contributed by atoms with van der Waals surface area (Å²) in [7, 11) is 0. The number of aliphatic hydroxyl groups is 1. The lowest BCUT2D eigenvalue weighted by atomic mass is 9.91. The molecule has 1 rings (SSSR count). The Balaban J connectivity index is 2.16. The van der Waals surface area contributed by atoms with Crippen LogP contribution in [0.2, 0.25) is 0 Å². The molecule has 0 aromatic rings. The fourth-order valence-corrected chi connectivity index (χ4v) is 1.80. The van der Waals surface area contributed by atoms with Crippen molar-refractivity contribution in [2.75, 3.05) is 26.2 Å². The second-order valence-corrected chi connectivity index (χ2v) is 3.84. The maximum atomic E-state index is 8.76. The second kappa shape index (κ2) is 6.35. The second-order valence-electron chi connectivity index (χ2n) is 3.84. The standard InChI is InChI=1S/C10H22N2O/c11-6-2-7-12(8-3-9-13)10-4-1-5-10/h10,13H,1-9,11H2. The predicted molar refractivity (Wildman–Crippen MR) is 54.6 cm³/mol. The zero-order valence-corrected chi connectivity index (χ0v) is 8.41. The van der Waals surface area contributed by atoms with Crippen LogP contribution < -0.4 is 5.73 Å². The van der Waals surface area contributed by atoms with Crippen LogP contribution in [0.1, 0.15) is 32.1 Å². The minimum atomic E-state index is 0.311. The van der Waals surface area contributed by atoms with E-state index in [0.29, 0.717) is 6.61 Å². The Morgan fingerprint density at radius 3 is 2.38 bits per heavy atom. The van der Waals surface area contributed by atoms with Gasteiger partial charge in [0, 0.05) is 19.2 Å². The van der Waals surface area contributed by atoms with Gasteiger partial charge in [-0.15, -0.1) is 0 Å². The first-order valence-corrected chi connectivity index (χ1v) is 5.43. The van der Waals surface area contributed by atoms with E-state index in [9.17, 15) is 0 Å². The molecule has 1 aliphatic rings. The number of hydrogen-bond acceptors (Lipinski definition) is 3. The number of hydrogen-bond donors (Lipinski definition) is 2. The first kappa shape index (κ1) is 11.0. The topological polar surface area (TPSA) is 49.5 Å². The Bertz CT molecular complexity index is 118. The maximum Gasteiger partial charge on any atom is 0.0443 e. The van der Waals surface area contributed by atoms with Crippen molar-refractivity contribution in [3.05, 3.63) is 0 Å². The molecule has 13 heavy (non-hydrogen) atoms. The zero-order valence-electron chi connectivity index (χ0n) is 8.41. The largest absolute Gasteiger partial charge is 0.396 e. The van der Waals surface area contributed by atoms with Crippen LogP contribution in [0.15, 0.2) is 0 Å². The van der Waals surface area contributed by atoms with Crippen molar-refractivity contribution in [3.8, 4) is 0 Å². The first-order valence-electron chi connectivity index (χ1n) is 5.43. The zero-order chi connectivity index (χ0) is 9.52. The summed E-state index contributed by atoms with van der Waals surface area (Å²) in [6, 6.07) is 0.790. The van der Waals surface area contributed by atoms with Gasteiger partial charge in [-0.25, -0.2) is 0 Å². The van der Waals surface area contributed by atoms with Gasteiger partial charge in [-0.1, -0.05) is 6.42 Å². The number of nitrogens with two attached hydrogens (primary N) is 1. The molecule has 0 unspecified atom stereocenters. The van der Waals surface area contributed by atoms with Gasteiger partial charge < -0.3 is 15.7 Å². The minimum Gasteiger partial charge on any atom is -0.396 e. The van der Waals surface area contributed by atoms with Gasteiger partial charge in [0.1, 0.15) is 0 Å². The van der Waals surface area contributed by atoms with Crippen molar-refractivity contribution in [1.29, 1.82) is 0 Å². The van der Waals surface area contributed by atoms with Crippen LogP contribution in [0.25, 0.3) is 0 Å². The van der Waals surface area contributed by atoms with E-state index in [1.54, 1.807) is 0 Å². The van der Waals surface area contributed by atoms with Crippen molar-refractivity contribution in [2.45, 2.75) is 38.1 Å². The molecule has 0 spiro atoms. The normalized spacial score (nSPS) is 17.8. The molecule has 0 radical (unpaired) electrons. The van der Waals surface area contributed by atoms with Gasteiger partial charge in [0.2, 0.25) is 0 Å². The summed E-state index contributed by atoms with van der Waals surface area (Å²) in [5, 5.41) is 8.76. The molecule has 3 heteroatoms. The summed E-state index contributed by atoms with van der Waals surface area (Å²) in [6.45, 7) is 3.25. The van der Waals surface area contributed by atoms with Crippen molar-refractivity contribution >= 4 is 0 Å². The summed E-state index contributed by atoms with van der Waals surface area (Å²) in [6.07, 6.45) is 6.05. The predicted octanol–water partition coefficient (Wildman–Crippen LogP) is 0.572. The van der Waals surface area contributed by atoms with Gasteiger partial charge in [-0.3, -0.25) is 0 Å². The lowest BCUT2D eigenvalue weighted by Crippen LogP contribution is -2.42. The van der Waals surface area contributed by atoms with Gasteiger partial charge in [0.15, 0.2) is 0 Å². The van der Waals surface area contributed by atoms with E-state index in [1.807, 2.05) is 0 Å². The summed E-state index contributed by atoms with van der Waals surface area (Å²) in [5.41, 5.74) is 5.49. The van der Waals surface area contributed by atoms with Gasteiger partial charge in [-0.2, -0.15) is 0 Å². The molecule has 0 aliphatic heterocycles. The molecule has 0 saturated heterocycles. The van der Waals surface area contributed by atoms with E-state index in [0.717, 1.165) is 38.5 Å². The molecule has 1 aliphatic carbocycles. The van der Waals surface area contributed by atoms with E-state index in [1.165, 1.54) is 19.3 Å². The molecular weight excluding hydrogens is 164 g/mol. The van der Waals surface area contributed by atoms with Crippen LogP contribution in [0.5, 0.6) is 0 Å². The lowest BCUT2D eigenvalue weighted by Gasteiger charge is -2.37. The highest BCUT2D eigenvalue weighted by Gasteiger charge is 2.23. The molecule has 1 saturated carbocycles. The van der Waals surface area contributed by atoms with E-state index in [2.05, 4.69) is 4.90 Å². The van der Waals surface area contributed by atoms with Gasteiger partial charge in [0.25, 0.3) is 0 Å². The lowest BCUT2D eigenvalue weighted by molar-refractivity contribution is 0.116. The monoisotopic (exact) mass is 186 g/mol. The Labute approximate surface area is 80.9 Å². The fourth-order valence-electron chi connectivity index (χ4n) is 1.80. The number of nitrogens with zero attached hydrogens (tertiary/aromatic N) is 1. The third-order valence-electron chi connectivity index (χ3n) is 2.84. The van der Waals surface area contributed by atoms with Crippen LogP contribution in [-0.4, -0.2) is 42.3 Å². The van der Waals surface area contributed by atoms with Crippen molar-refractivity contribution < 1.29 is 5.11 Å². The highest BCUT2D eigenvalue weighted by atomic mass is 16.3. The summed E-state index contributed by atoms with van der Waals surface area (Å²) in [5.74, 6) is 0.